The van der Waals surface area contributed by atoms with Crippen LogP contribution in [-0.2, 0) is 11.2 Å². The van der Waals surface area contributed by atoms with Crippen molar-refractivity contribution in [3.63, 3.8) is 0 Å². The van der Waals surface area contributed by atoms with Crippen LogP contribution >= 0.6 is 11.6 Å². The number of aryl methyl sites for hydroxylation is 1. The summed E-state index contributed by atoms with van der Waals surface area (Å²) in [5, 5.41) is 9.99. The zero-order valence-electron chi connectivity index (χ0n) is 20.4. The van der Waals surface area contributed by atoms with Gasteiger partial charge in [-0.05, 0) is 43.4 Å². The molecule has 0 bridgehead atoms. The summed E-state index contributed by atoms with van der Waals surface area (Å²) in [6.07, 6.45) is -0.166. The van der Waals surface area contributed by atoms with Crippen LogP contribution in [0.5, 0.6) is 0 Å². The molecule has 3 aliphatic rings. The van der Waals surface area contributed by atoms with E-state index in [0.29, 0.717) is 40.8 Å². The molecule has 1 aliphatic carbocycles. The number of amides is 3. The highest BCUT2D eigenvalue weighted by Gasteiger charge is 2.60. The Bertz CT molecular complexity index is 1420. The van der Waals surface area contributed by atoms with Gasteiger partial charge in [-0.3, -0.25) is 4.79 Å². The van der Waals surface area contributed by atoms with Gasteiger partial charge in [0.15, 0.2) is 16.8 Å². The standard InChI is InChI=1S/C25H25ClF3N7O2/c1-34(23(38)32-18-13-31-22(37)24(18)8-9-24)21(25(27,28)29)14-4-6-15(7-5-14)35-10-2-3-16-17(35)12-30-20-11-19(26)33-36(16)20/h4-7,11-12,18,21H,2-3,8-10,13H2,1H3,(H,31,37)(H,32,38)/t18?,21-/m0/s1. The first-order valence-corrected chi connectivity index (χ1v) is 12.8. The predicted molar refractivity (Wildman–Crippen MR) is 133 cm³/mol. The van der Waals surface area contributed by atoms with E-state index in [1.54, 1.807) is 28.9 Å². The largest absolute Gasteiger partial charge is 0.413 e. The minimum absolute atomic E-state index is 0.0645. The lowest BCUT2D eigenvalue weighted by Crippen LogP contribution is -2.50. The van der Waals surface area contributed by atoms with Crippen molar-refractivity contribution in [1.29, 1.82) is 0 Å². The first kappa shape index (κ1) is 24.8. The molecular formula is C25H25ClF3N7O2. The maximum atomic E-state index is 14.2. The third-order valence-corrected chi connectivity index (χ3v) is 8.01. The summed E-state index contributed by atoms with van der Waals surface area (Å²) >= 11 is 6.05. The van der Waals surface area contributed by atoms with Gasteiger partial charge in [-0.25, -0.2) is 14.3 Å². The first-order valence-electron chi connectivity index (χ1n) is 12.4. The van der Waals surface area contributed by atoms with E-state index >= 15 is 0 Å². The van der Waals surface area contributed by atoms with Crippen LogP contribution in [-0.4, -0.2) is 63.8 Å². The summed E-state index contributed by atoms with van der Waals surface area (Å²) in [6.45, 7) is 0.877. The summed E-state index contributed by atoms with van der Waals surface area (Å²) in [5.74, 6) is -0.153. The summed E-state index contributed by atoms with van der Waals surface area (Å²) in [6, 6.07) is 4.15. The number of carbonyl (C=O) groups excluding carboxylic acids is 2. The highest BCUT2D eigenvalue weighted by molar-refractivity contribution is 6.29. The van der Waals surface area contributed by atoms with Crippen LogP contribution in [0, 0.1) is 5.41 Å². The molecule has 9 nitrogen and oxygen atoms in total. The number of benzene rings is 1. The van der Waals surface area contributed by atoms with Gasteiger partial charge in [0.25, 0.3) is 0 Å². The summed E-state index contributed by atoms with van der Waals surface area (Å²) in [5.41, 5.74) is 2.33. The number of hydrogen-bond acceptors (Lipinski definition) is 5. The Morgan fingerprint density at radius 2 is 2.03 bits per heavy atom. The molecule has 2 aliphatic heterocycles. The van der Waals surface area contributed by atoms with Crippen molar-refractivity contribution in [2.45, 2.75) is 43.9 Å². The number of hydrogen-bond donors (Lipinski definition) is 2. The van der Waals surface area contributed by atoms with E-state index < -0.39 is 29.7 Å². The van der Waals surface area contributed by atoms with Crippen molar-refractivity contribution in [1.82, 2.24) is 30.1 Å². The fourth-order valence-corrected chi connectivity index (χ4v) is 5.83. The Labute approximate surface area is 220 Å². The molecule has 200 valence electrons. The number of aromatic nitrogens is 3. The molecule has 3 amide bonds. The molecule has 2 N–H and O–H groups in total. The molecule has 3 aromatic rings. The average molecular weight is 548 g/mol. The summed E-state index contributed by atoms with van der Waals surface area (Å²) in [4.78, 5) is 32.0. The number of urea groups is 1. The van der Waals surface area contributed by atoms with Crippen LogP contribution in [0.25, 0.3) is 5.65 Å². The van der Waals surface area contributed by atoms with Crippen LogP contribution in [0.4, 0.5) is 29.3 Å². The van der Waals surface area contributed by atoms with E-state index in [0.717, 1.165) is 31.3 Å². The van der Waals surface area contributed by atoms with Gasteiger partial charge in [-0.2, -0.15) is 18.3 Å². The fraction of sp³-hybridized carbons (Fsp3) is 0.440. The fourth-order valence-electron chi connectivity index (χ4n) is 5.66. The van der Waals surface area contributed by atoms with E-state index in [2.05, 4.69) is 20.7 Å². The van der Waals surface area contributed by atoms with Crippen molar-refractivity contribution in [3.05, 3.63) is 52.9 Å². The molecule has 1 unspecified atom stereocenters. The van der Waals surface area contributed by atoms with Crippen molar-refractivity contribution in [2.75, 3.05) is 25.0 Å². The summed E-state index contributed by atoms with van der Waals surface area (Å²) in [7, 11) is 1.12. The van der Waals surface area contributed by atoms with E-state index in [-0.39, 0.29) is 18.0 Å². The number of alkyl halides is 3. The minimum Gasteiger partial charge on any atom is -0.353 e. The summed E-state index contributed by atoms with van der Waals surface area (Å²) < 4.78 is 44.4. The van der Waals surface area contributed by atoms with Gasteiger partial charge in [0.1, 0.15) is 0 Å². The SMILES string of the molecule is CN(C(=O)NC1CNC(=O)C12CC2)[C@@H](c1ccc(N2CCCc3c2cnc2cc(Cl)nn32)cc1)C(F)(F)F. The Hall–Kier alpha value is -3.54. The maximum Gasteiger partial charge on any atom is 0.413 e. The van der Waals surface area contributed by atoms with Crippen LogP contribution in [0.2, 0.25) is 5.15 Å². The number of nitrogens with zero attached hydrogens (tertiary/aromatic N) is 5. The van der Waals surface area contributed by atoms with Crippen molar-refractivity contribution < 1.29 is 22.8 Å². The van der Waals surface area contributed by atoms with Crippen molar-refractivity contribution in [2.24, 2.45) is 5.41 Å². The van der Waals surface area contributed by atoms with Crippen molar-refractivity contribution >= 4 is 40.6 Å². The number of halogens is 4. The van der Waals surface area contributed by atoms with Crippen LogP contribution in [0.15, 0.2) is 36.5 Å². The van der Waals surface area contributed by atoms with Crippen LogP contribution in [0.3, 0.4) is 0 Å². The first-order chi connectivity index (χ1) is 18.1. The van der Waals surface area contributed by atoms with E-state index in [1.165, 1.54) is 12.1 Å². The van der Waals surface area contributed by atoms with Gasteiger partial charge in [0.05, 0.1) is 29.0 Å². The molecule has 13 heteroatoms. The smallest absolute Gasteiger partial charge is 0.353 e. The van der Waals surface area contributed by atoms with E-state index in [4.69, 9.17) is 11.6 Å². The Kier molecular flexibility index (Phi) is 5.71. The molecule has 1 saturated heterocycles. The van der Waals surface area contributed by atoms with Crippen molar-refractivity contribution in [3.8, 4) is 0 Å². The number of nitrogens with one attached hydrogen (secondary N) is 2. The van der Waals surface area contributed by atoms with Gasteiger partial charge in [-0.15, -0.1) is 0 Å². The second kappa shape index (κ2) is 8.75. The quantitative estimate of drug-likeness (QED) is 0.515. The number of fused-ring (bicyclic) bond motifs is 3. The third kappa shape index (κ3) is 4.01. The zero-order valence-corrected chi connectivity index (χ0v) is 21.2. The highest BCUT2D eigenvalue weighted by atomic mass is 35.5. The van der Waals surface area contributed by atoms with Gasteiger partial charge >= 0.3 is 12.2 Å². The minimum atomic E-state index is -4.71. The molecule has 38 heavy (non-hydrogen) atoms. The third-order valence-electron chi connectivity index (χ3n) is 7.83. The molecule has 0 radical (unpaired) electrons. The lowest BCUT2D eigenvalue weighted by molar-refractivity contribution is -0.175. The number of anilines is 2. The Morgan fingerprint density at radius 3 is 2.71 bits per heavy atom. The van der Waals surface area contributed by atoms with Gasteiger partial charge in [0, 0.05) is 31.9 Å². The monoisotopic (exact) mass is 547 g/mol. The Balaban J connectivity index is 1.25. The zero-order chi connectivity index (χ0) is 26.8. The number of carbonyl (C=O) groups is 2. The molecule has 4 heterocycles. The second-order valence-corrected chi connectivity index (χ2v) is 10.5. The number of rotatable bonds is 4. The molecule has 2 atom stereocenters. The van der Waals surface area contributed by atoms with Crippen LogP contribution < -0.4 is 15.5 Å². The lowest BCUT2D eigenvalue weighted by atomic mass is 10.00. The molecule has 1 aromatic carbocycles. The van der Waals surface area contributed by atoms with E-state index in [9.17, 15) is 22.8 Å². The van der Waals surface area contributed by atoms with Crippen LogP contribution in [0.1, 0.15) is 36.6 Å². The van der Waals surface area contributed by atoms with Gasteiger partial charge in [0.2, 0.25) is 5.91 Å². The molecule has 6 rings (SSSR count). The second-order valence-electron chi connectivity index (χ2n) is 10.1. The maximum absolute atomic E-state index is 14.2. The molecular weight excluding hydrogens is 523 g/mol. The van der Waals surface area contributed by atoms with Gasteiger partial charge < -0.3 is 20.4 Å². The molecule has 2 aromatic heterocycles. The molecule has 1 saturated carbocycles. The molecule has 2 fully saturated rings. The highest BCUT2D eigenvalue weighted by Crippen LogP contribution is 2.51. The topological polar surface area (TPSA) is 94.9 Å². The van der Waals surface area contributed by atoms with Gasteiger partial charge in [-0.1, -0.05) is 23.7 Å². The van der Waals surface area contributed by atoms with E-state index in [1.807, 2.05) is 4.90 Å². The Morgan fingerprint density at radius 1 is 1.29 bits per heavy atom. The predicted octanol–water partition coefficient (Wildman–Crippen LogP) is 3.99. The lowest BCUT2D eigenvalue weighted by Gasteiger charge is -2.33. The normalized spacial score (nSPS) is 20.8. The average Bonchev–Trinajstić information content (AvgIpc) is 3.51. The molecule has 1 spiro atoms.